The fourth-order valence-corrected chi connectivity index (χ4v) is 9.85. The summed E-state index contributed by atoms with van der Waals surface area (Å²) in [5, 5.41) is 10.4. The number of nitrogens with zero attached hydrogens (tertiary/aromatic N) is 3. The summed E-state index contributed by atoms with van der Waals surface area (Å²) in [5.41, 5.74) is 11.6. The molecule has 0 aliphatic carbocycles. The minimum Gasteiger partial charge on any atom is -0.372 e. The third-order valence-electron chi connectivity index (χ3n) is 12.5. The third-order valence-corrected chi connectivity index (χ3v) is 12.5. The zero-order chi connectivity index (χ0) is 36.3. The highest BCUT2D eigenvalue weighted by atomic mass is 15.1. The van der Waals surface area contributed by atoms with Gasteiger partial charge in [0.05, 0.1) is 11.0 Å². The van der Waals surface area contributed by atoms with E-state index in [0.717, 1.165) is 26.2 Å². The van der Waals surface area contributed by atoms with E-state index in [4.69, 9.17) is 0 Å². The molecule has 2 saturated heterocycles. The molecule has 0 atom stereocenters. The van der Waals surface area contributed by atoms with Crippen LogP contribution < -0.4 is 9.80 Å². The summed E-state index contributed by atoms with van der Waals surface area (Å²) >= 11 is 0. The fraction of sp³-hybridized carbons (Fsp3) is 0.192. The monoisotopic (exact) mass is 711 g/mol. The lowest BCUT2D eigenvalue weighted by Gasteiger charge is -2.30. The van der Waals surface area contributed by atoms with Gasteiger partial charge in [0.1, 0.15) is 0 Å². The molecule has 9 aromatic rings. The summed E-state index contributed by atoms with van der Waals surface area (Å²) in [7, 11) is 0. The number of aromatic nitrogens is 1. The summed E-state index contributed by atoms with van der Waals surface area (Å²) in [5.74, 6) is 0. The number of hydrogen-bond donors (Lipinski definition) is 0. The predicted molar refractivity (Wildman–Crippen MR) is 236 cm³/mol. The summed E-state index contributed by atoms with van der Waals surface area (Å²) in [6.45, 7) is 4.49. The number of hydrogen-bond acceptors (Lipinski definition) is 2. The van der Waals surface area contributed by atoms with Crippen LogP contribution in [0.1, 0.15) is 38.5 Å². The van der Waals surface area contributed by atoms with E-state index in [9.17, 15) is 0 Å². The van der Waals surface area contributed by atoms with E-state index in [1.807, 2.05) is 0 Å². The summed E-state index contributed by atoms with van der Waals surface area (Å²) < 4.78 is 2.42. The van der Waals surface area contributed by atoms with Gasteiger partial charge in [0.15, 0.2) is 0 Å². The van der Waals surface area contributed by atoms with Gasteiger partial charge in [0, 0.05) is 54.0 Å². The van der Waals surface area contributed by atoms with E-state index < -0.39 is 0 Å². The maximum Gasteiger partial charge on any atom is 0.0541 e. The minimum atomic E-state index is 1.12. The number of benzene rings is 8. The van der Waals surface area contributed by atoms with Crippen molar-refractivity contribution >= 4 is 65.5 Å². The highest BCUT2D eigenvalue weighted by Gasteiger charge is 2.22. The van der Waals surface area contributed by atoms with Crippen molar-refractivity contribution < 1.29 is 0 Å². The maximum atomic E-state index is 2.61. The fourth-order valence-electron chi connectivity index (χ4n) is 9.85. The molecule has 55 heavy (non-hydrogen) atoms. The van der Waals surface area contributed by atoms with Gasteiger partial charge in [0.25, 0.3) is 0 Å². The maximum absolute atomic E-state index is 2.61. The van der Waals surface area contributed by atoms with Crippen LogP contribution >= 0.6 is 0 Å². The topological polar surface area (TPSA) is 11.4 Å². The lowest BCUT2D eigenvalue weighted by Crippen LogP contribution is -2.29. The molecule has 1 aromatic heterocycles. The molecular weight excluding hydrogens is 667 g/mol. The molecule has 3 nitrogen and oxygen atoms in total. The molecule has 2 fully saturated rings. The van der Waals surface area contributed by atoms with Crippen molar-refractivity contribution in [3.05, 3.63) is 152 Å². The lowest BCUT2D eigenvalue weighted by molar-refractivity contribution is 0.578. The lowest BCUT2D eigenvalue weighted by atomic mass is 9.84. The molecule has 2 aliphatic heterocycles. The smallest absolute Gasteiger partial charge is 0.0541 e. The molecule has 0 saturated carbocycles. The first-order chi connectivity index (χ1) is 27.3. The van der Waals surface area contributed by atoms with Gasteiger partial charge in [-0.3, -0.25) is 0 Å². The number of rotatable bonds is 5. The predicted octanol–water partition coefficient (Wildman–Crippen LogP) is 13.6. The van der Waals surface area contributed by atoms with Gasteiger partial charge in [-0.25, -0.2) is 0 Å². The molecule has 0 radical (unpaired) electrons. The van der Waals surface area contributed by atoms with E-state index in [-0.39, 0.29) is 0 Å². The standard InChI is InChI=1S/C52H45N3/c1-4-16-40(17-5-1)55-49-19-9-8-18-43(49)46-33-39(22-27-50(46)55)52-45-26-24-41(53-28-10-2-11-29-53)34-47(45)51(38-21-20-36-14-6-7-15-37(36)32-38)44-25-23-42(35-48(44)52)54-30-12-3-13-31-54/h1,4-9,14-27,32-35H,2-3,10-13,28-31H2. The molecule has 0 unspecified atom stereocenters. The zero-order valence-electron chi connectivity index (χ0n) is 31.3. The zero-order valence-corrected chi connectivity index (χ0v) is 31.3. The molecule has 0 bridgehead atoms. The van der Waals surface area contributed by atoms with Gasteiger partial charge in [-0.05, 0) is 154 Å². The second-order valence-electron chi connectivity index (χ2n) is 15.8. The van der Waals surface area contributed by atoms with Gasteiger partial charge in [-0.2, -0.15) is 0 Å². The van der Waals surface area contributed by atoms with Crippen LogP contribution in [0.2, 0.25) is 0 Å². The van der Waals surface area contributed by atoms with Gasteiger partial charge in [-0.1, -0.05) is 91.0 Å². The van der Waals surface area contributed by atoms with E-state index in [1.54, 1.807) is 0 Å². The second-order valence-corrected chi connectivity index (χ2v) is 15.8. The number of fused-ring (bicyclic) bond motifs is 6. The van der Waals surface area contributed by atoms with E-state index in [2.05, 4.69) is 166 Å². The van der Waals surface area contributed by atoms with Crippen LogP contribution in [-0.4, -0.2) is 30.7 Å². The van der Waals surface area contributed by atoms with Crippen LogP contribution in [0.3, 0.4) is 0 Å². The average molecular weight is 712 g/mol. The van der Waals surface area contributed by atoms with Gasteiger partial charge in [0.2, 0.25) is 0 Å². The van der Waals surface area contributed by atoms with Gasteiger partial charge in [-0.15, -0.1) is 0 Å². The Morgan fingerprint density at radius 1 is 0.309 bits per heavy atom. The van der Waals surface area contributed by atoms with E-state index in [1.165, 1.54) is 132 Å². The Labute approximate surface area is 323 Å². The van der Waals surface area contributed by atoms with Crippen molar-refractivity contribution in [2.75, 3.05) is 36.0 Å². The van der Waals surface area contributed by atoms with Gasteiger partial charge >= 0.3 is 0 Å². The number of anilines is 2. The SMILES string of the molecule is c1ccc(-n2c3ccccc3c3cc(-c4c5ccc(N6CCCCC6)cc5c(-c5ccc6ccccc6c5)c5ccc(N6CCCCC6)cc45)ccc32)cc1. The van der Waals surface area contributed by atoms with Crippen molar-refractivity contribution in [2.24, 2.45) is 0 Å². The first kappa shape index (κ1) is 32.4. The first-order valence-electron chi connectivity index (χ1n) is 20.4. The minimum absolute atomic E-state index is 1.12. The molecule has 0 N–H and O–H groups in total. The molecule has 11 rings (SSSR count). The van der Waals surface area contributed by atoms with Crippen LogP contribution in [0.15, 0.2) is 152 Å². The number of piperidine rings is 2. The Morgan fingerprint density at radius 3 is 1.53 bits per heavy atom. The average Bonchev–Trinajstić information content (AvgIpc) is 3.59. The molecule has 8 aromatic carbocycles. The largest absolute Gasteiger partial charge is 0.372 e. The molecule has 0 amide bonds. The normalized spacial score (nSPS) is 15.2. The highest BCUT2D eigenvalue weighted by molar-refractivity contribution is 6.23. The van der Waals surface area contributed by atoms with Crippen molar-refractivity contribution in [1.29, 1.82) is 0 Å². The van der Waals surface area contributed by atoms with Crippen LogP contribution in [0.4, 0.5) is 11.4 Å². The molecule has 268 valence electrons. The second kappa shape index (κ2) is 13.4. The van der Waals surface area contributed by atoms with Crippen molar-refractivity contribution in [3.63, 3.8) is 0 Å². The number of para-hydroxylation sites is 2. The van der Waals surface area contributed by atoms with Crippen molar-refractivity contribution in [3.8, 4) is 27.9 Å². The van der Waals surface area contributed by atoms with Gasteiger partial charge < -0.3 is 14.4 Å². The Bertz CT molecular complexity index is 2890. The van der Waals surface area contributed by atoms with Crippen molar-refractivity contribution in [1.82, 2.24) is 4.57 Å². The molecule has 0 spiro atoms. The Balaban J connectivity index is 1.23. The highest BCUT2D eigenvalue weighted by Crippen LogP contribution is 2.47. The van der Waals surface area contributed by atoms with Crippen LogP contribution in [-0.2, 0) is 0 Å². The van der Waals surface area contributed by atoms with E-state index in [0.29, 0.717) is 0 Å². The van der Waals surface area contributed by atoms with Crippen LogP contribution in [0.5, 0.6) is 0 Å². The molecule has 2 aliphatic rings. The summed E-state index contributed by atoms with van der Waals surface area (Å²) in [4.78, 5) is 5.23. The Morgan fingerprint density at radius 2 is 0.855 bits per heavy atom. The Hall–Kier alpha value is -6.06. The molecular formula is C52H45N3. The van der Waals surface area contributed by atoms with Crippen LogP contribution in [0.25, 0.3) is 82.1 Å². The van der Waals surface area contributed by atoms with Crippen LogP contribution in [0, 0.1) is 0 Å². The van der Waals surface area contributed by atoms with Crippen molar-refractivity contribution in [2.45, 2.75) is 38.5 Å². The summed E-state index contributed by atoms with van der Waals surface area (Å²) in [6, 6.07) is 57.5. The first-order valence-corrected chi connectivity index (χ1v) is 20.4. The summed E-state index contributed by atoms with van der Waals surface area (Å²) in [6.07, 6.45) is 7.67. The molecule has 3 heteroatoms. The quantitative estimate of drug-likeness (QED) is 0.165. The van der Waals surface area contributed by atoms with E-state index >= 15 is 0 Å². The molecule has 3 heterocycles. The third kappa shape index (κ3) is 5.48. The Kier molecular flexibility index (Phi) is 7.86.